The average Bonchev–Trinajstić information content (AvgIpc) is 3.33. The number of phenolic OH excluding ortho intramolecular Hbond substituents is 3. The summed E-state index contributed by atoms with van der Waals surface area (Å²) in [6.07, 6.45) is -6.48. The number of aromatic hydroxyl groups is 3. The van der Waals surface area contributed by atoms with Crippen LogP contribution >= 0.6 is 0 Å². The van der Waals surface area contributed by atoms with Gasteiger partial charge in [-0.2, -0.15) is 0 Å². The molecule has 20 atom stereocenters. The average molecular weight is 1040 g/mol. The molecule has 20 nitrogen and oxygen atoms in total. The van der Waals surface area contributed by atoms with Gasteiger partial charge in [-0.05, 0) is 101 Å². The Hall–Kier alpha value is -3.42. The van der Waals surface area contributed by atoms with Gasteiger partial charge in [-0.25, -0.2) is 0 Å². The Morgan fingerprint density at radius 2 is 1.18 bits per heavy atom. The minimum Gasteiger partial charge on any atom is -0.507 e. The molecule has 0 radical (unpaired) electrons. The Balaban J connectivity index is 0.827. The Morgan fingerprint density at radius 3 is 1.76 bits per heavy atom. The number of likely N-dealkylation sites (N-methyl/N-ethyl adjacent to an activating group) is 2. The zero-order chi connectivity index (χ0) is 53.2. The van der Waals surface area contributed by atoms with Crippen molar-refractivity contribution in [1.29, 1.82) is 0 Å². The number of ether oxygens (including phenoxy) is 10. The van der Waals surface area contributed by atoms with Crippen LogP contribution in [0, 0.1) is 0 Å². The first-order chi connectivity index (χ1) is 35.1. The van der Waals surface area contributed by atoms with Crippen molar-refractivity contribution in [3.8, 4) is 17.2 Å². The number of rotatable bonds is 13. The van der Waals surface area contributed by atoms with E-state index in [1.165, 1.54) is 18.2 Å². The van der Waals surface area contributed by atoms with Gasteiger partial charge in [0, 0.05) is 60.9 Å². The number of phenols is 3. The van der Waals surface area contributed by atoms with Crippen LogP contribution in [-0.2, 0) is 53.8 Å². The fraction of sp³-hybridized carbons (Fsp3) is 0.741. The normalized spacial score (nSPS) is 40.7. The summed E-state index contributed by atoms with van der Waals surface area (Å²) in [6, 6.07) is 3.59. The Kier molecular flexibility index (Phi) is 16.6. The Bertz CT molecular complexity index is 2330. The highest BCUT2D eigenvalue weighted by Gasteiger charge is 2.52. The number of aliphatic hydroxyl groups is 3. The predicted octanol–water partition coefficient (Wildman–Crippen LogP) is 4.30. The van der Waals surface area contributed by atoms with Gasteiger partial charge in [-0.3, -0.25) is 9.59 Å². The summed E-state index contributed by atoms with van der Waals surface area (Å²) < 4.78 is 64.4. The van der Waals surface area contributed by atoms with Crippen molar-refractivity contribution in [3.63, 3.8) is 0 Å². The minimum atomic E-state index is -1.56. The fourth-order valence-electron chi connectivity index (χ4n) is 12.5. The third-order valence-electron chi connectivity index (χ3n) is 16.6. The van der Waals surface area contributed by atoms with Crippen LogP contribution in [0.2, 0.25) is 0 Å². The number of hydrogen-bond acceptors (Lipinski definition) is 20. The van der Waals surface area contributed by atoms with Crippen molar-refractivity contribution >= 4 is 11.6 Å². The molecule has 0 saturated carbocycles. The lowest BCUT2D eigenvalue weighted by molar-refractivity contribution is -0.339. The summed E-state index contributed by atoms with van der Waals surface area (Å²) >= 11 is 0. The molecule has 2 aromatic rings. The highest BCUT2D eigenvalue weighted by Crippen LogP contribution is 2.54. The third-order valence-corrected chi connectivity index (χ3v) is 16.6. The van der Waals surface area contributed by atoms with Crippen molar-refractivity contribution in [2.45, 2.75) is 228 Å². The summed E-state index contributed by atoms with van der Waals surface area (Å²) in [5, 5.41) is 68.1. The monoisotopic (exact) mass is 1040 g/mol. The second kappa shape index (κ2) is 22.1. The lowest BCUT2D eigenvalue weighted by Gasteiger charge is -2.49. The number of nitrogens with zero attached hydrogens (tertiary/aromatic N) is 2. The van der Waals surface area contributed by atoms with Gasteiger partial charge >= 0.3 is 0 Å². The maximum Gasteiger partial charge on any atom is 0.202 e. The topological polar surface area (TPSA) is 254 Å². The van der Waals surface area contributed by atoms with E-state index in [1.807, 2.05) is 67.7 Å². The van der Waals surface area contributed by atoms with Crippen molar-refractivity contribution in [1.82, 2.24) is 9.80 Å². The lowest BCUT2D eigenvalue weighted by Crippen LogP contribution is -2.60. The molecule has 2 aliphatic carbocycles. The van der Waals surface area contributed by atoms with Crippen LogP contribution in [0.5, 0.6) is 17.2 Å². The molecule has 0 aromatic heterocycles. The third kappa shape index (κ3) is 10.8. The molecule has 0 spiro atoms. The highest BCUT2D eigenvalue weighted by molar-refractivity contribution is 6.31. The van der Waals surface area contributed by atoms with E-state index < -0.39 is 132 Å². The predicted molar refractivity (Wildman–Crippen MR) is 263 cm³/mol. The van der Waals surface area contributed by atoms with Crippen LogP contribution in [0.25, 0.3) is 0 Å². The van der Waals surface area contributed by atoms with Crippen LogP contribution in [-0.4, -0.2) is 196 Å². The van der Waals surface area contributed by atoms with E-state index in [2.05, 4.69) is 4.90 Å². The van der Waals surface area contributed by atoms with Gasteiger partial charge in [-0.15, -0.1) is 0 Å². The summed E-state index contributed by atoms with van der Waals surface area (Å²) in [7, 11) is 7.78. The number of carbonyl (C=O) groups excluding carboxylic acids is 2. The molecular weight excluding hydrogens is 965 g/mol. The standard InChI is InChI=1S/C54H78N2O18/c1-11-54(64)18-17-31-43(49(63)45-44(47(31)61)48(62)42-30(46(45)60)13-12-14-34(42)58)53(54)74-40-22-33(56(9)10)50(27(5)68-40)72-39-21-32(55(7)8)51(26(4)67-39)73-41-23-35(59)52(28(6)69-41)71-37-16-15-36(25(3)66-37)70-38-20-29(57)19-24(2)65-38/h12-14,24-29,32-33,35-41,50-53,57-59,61,63-64H,11,15-23H2,1-10H3/t24-,25-,26-,27-,28-,29+,32-,33-,35-,36-,37-,38-,39-,40-,41-,50+,51+,52+,53?,54+/m0/s1. The first kappa shape index (κ1) is 55.3. The van der Waals surface area contributed by atoms with Gasteiger partial charge in [0.15, 0.2) is 37.2 Å². The number of ketones is 2. The number of aliphatic hydroxyl groups excluding tert-OH is 2. The van der Waals surface area contributed by atoms with Crippen LogP contribution in [0.1, 0.15) is 148 Å². The van der Waals surface area contributed by atoms with Crippen molar-refractivity contribution in [2.24, 2.45) is 0 Å². The maximum absolute atomic E-state index is 14.0. The van der Waals surface area contributed by atoms with Gasteiger partial charge in [0.25, 0.3) is 0 Å². The van der Waals surface area contributed by atoms with Gasteiger partial charge in [0.2, 0.25) is 5.78 Å². The van der Waals surface area contributed by atoms with E-state index in [1.54, 1.807) is 6.92 Å². The van der Waals surface area contributed by atoms with Crippen LogP contribution in [0.15, 0.2) is 18.2 Å². The Labute approximate surface area is 433 Å². The SMILES string of the molecule is CC[C@@]1(O)CCc2c(O)c3c(c(O)c2C1O[C@H]1C[C@H](N(C)C)[C@H](O[C@H]2C[C@H](N(C)C)[C@H](O[C@H]4C[C@H](O)[C@H](O[C@H]5CC[C@H](O[C@H]6C[C@H](O)C[C@H](C)O6)[C@H](C)O5)[C@H](C)O4)[C@H](C)O2)[C@H](C)O1)C(=O)c1cccc(O)c1C3=O. The van der Waals surface area contributed by atoms with Crippen molar-refractivity contribution in [3.05, 3.63) is 51.6 Å². The molecule has 0 bridgehead atoms. The number of fused-ring (bicyclic) bond motifs is 3. The van der Waals surface area contributed by atoms with Crippen LogP contribution in [0.3, 0.4) is 0 Å². The quantitative estimate of drug-likeness (QED) is 0.131. The molecule has 5 fully saturated rings. The number of benzene rings is 2. The molecule has 5 heterocycles. The zero-order valence-electron chi connectivity index (χ0n) is 44.2. The number of hydrogen-bond donors (Lipinski definition) is 6. The smallest absolute Gasteiger partial charge is 0.202 e. The zero-order valence-corrected chi connectivity index (χ0v) is 44.2. The van der Waals surface area contributed by atoms with E-state index in [9.17, 15) is 40.2 Å². The second-order valence-electron chi connectivity index (χ2n) is 22.1. The van der Waals surface area contributed by atoms with Crippen molar-refractivity contribution in [2.75, 3.05) is 28.2 Å². The van der Waals surface area contributed by atoms with Crippen molar-refractivity contribution < 1.29 is 87.6 Å². The molecule has 412 valence electrons. The molecule has 1 unspecified atom stereocenters. The lowest BCUT2D eigenvalue weighted by atomic mass is 9.71. The number of carbonyl (C=O) groups is 2. The largest absolute Gasteiger partial charge is 0.507 e. The molecule has 7 aliphatic rings. The van der Waals surface area contributed by atoms with E-state index in [4.69, 9.17) is 47.4 Å². The summed E-state index contributed by atoms with van der Waals surface area (Å²) in [4.78, 5) is 31.8. The summed E-state index contributed by atoms with van der Waals surface area (Å²) in [5.74, 6) is -3.04. The first-order valence-corrected chi connectivity index (χ1v) is 26.5. The van der Waals surface area contributed by atoms with Crippen LogP contribution in [0.4, 0.5) is 0 Å². The van der Waals surface area contributed by atoms with Crippen LogP contribution < -0.4 is 0 Å². The summed E-state index contributed by atoms with van der Waals surface area (Å²) in [6.45, 7) is 11.3. The van der Waals surface area contributed by atoms with E-state index in [-0.39, 0.29) is 84.8 Å². The Morgan fingerprint density at radius 1 is 0.622 bits per heavy atom. The van der Waals surface area contributed by atoms with Gasteiger partial charge in [0.1, 0.15) is 41.7 Å². The first-order valence-electron chi connectivity index (χ1n) is 26.5. The maximum atomic E-state index is 14.0. The highest BCUT2D eigenvalue weighted by atomic mass is 16.8. The molecule has 5 aliphatic heterocycles. The molecule has 9 rings (SSSR count). The molecule has 74 heavy (non-hydrogen) atoms. The van der Waals surface area contributed by atoms with E-state index in [0.29, 0.717) is 32.1 Å². The molecule has 5 saturated heterocycles. The minimum absolute atomic E-state index is 0.0111. The molecule has 6 N–H and O–H groups in total. The van der Waals surface area contributed by atoms with E-state index in [0.717, 1.165) is 0 Å². The summed E-state index contributed by atoms with van der Waals surface area (Å²) in [5.41, 5.74) is -2.55. The van der Waals surface area contributed by atoms with Gasteiger partial charge < -0.3 is 87.8 Å². The molecule has 2 aromatic carbocycles. The van der Waals surface area contributed by atoms with Gasteiger partial charge in [-0.1, -0.05) is 19.1 Å². The molecule has 20 heteroatoms. The molecule has 0 amide bonds. The van der Waals surface area contributed by atoms with E-state index >= 15 is 0 Å². The molecular formula is C54H78N2O18. The second-order valence-corrected chi connectivity index (χ2v) is 22.1. The van der Waals surface area contributed by atoms with Gasteiger partial charge in [0.05, 0.1) is 71.1 Å². The fourth-order valence-corrected chi connectivity index (χ4v) is 12.5.